The monoisotopic (exact) mass is 484 g/mol. The normalized spacial score (nSPS) is 14.7. The number of likely N-dealkylation sites (tertiary alicyclic amines) is 1. The van der Waals surface area contributed by atoms with Gasteiger partial charge in [0.25, 0.3) is 5.91 Å². The topological polar surface area (TPSA) is 78.1 Å². The molecule has 170 valence electrons. The molecule has 1 saturated heterocycles. The smallest absolute Gasteiger partial charge is 0.260 e. The Labute approximate surface area is 200 Å². The van der Waals surface area contributed by atoms with Gasteiger partial charge in [0.05, 0.1) is 10.5 Å². The van der Waals surface area contributed by atoms with E-state index in [2.05, 4.69) is 19.9 Å². The number of benzene rings is 2. The molecule has 0 unspecified atom stereocenters. The summed E-state index contributed by atoms with van der Waals surface area (Å²) in [5, 5.41) is 9.42. The minimum Gasteiger partial charge on any atom is -0.482 e. The molecule has 2 aromatic carbocycles. The highest BCUT2D eigenvalue weighted by atomic mass is 35.5. The highest BCUT2D eigenvalue weighted by molar-refractivity contribution is 6.35. The van der Waals surface area contributed by atoms with Gasteiger partial charge in [0.2, 0.25) is 0 Å². The quantitative estimate of drug-likeness (QED) is 0.409. The van der Waals surface area contributed by atoms with E-state index in [1.165, 1.54) is 0 Å². The molecule has 10 heteroatoms. The fourth-order valence-corrected chi connectivity index (χ4v) is 4.64. The van der Waals surface area contributed by atoms with E-state index in [1.54, 1.807) is 18.2 Å². The molecular weight excluding hydrogens is 463 g/mol. The molecular formula is C23H22Cl2N6O2. The summed E-state index contributed by atoms with van der Waals surface area (Å²) in [6.45, 7) is 1.80. The standard InChI is InChI=1S/C23H22Cl2N6O2/c24-17-5-6-21(18(25)13-17)33-14-22(32)29-10-7-16(8-11-29)23-26-9-12-30(23)15-31-20-4-2-1-3-19(20)27-28-31/h1-6,9,12-13,16H,7-8,10-11,14-15H2. The lowest BCUT2D eigenvalue weighted by molar-refractivity contribution is -0.134. The summed E-state index contributed by atoms with van der Waals surface area (Å²) in [7, 11) is 0. The Morgan fingerprint density at radius 2 is 1.94 bits per heavy atom. The molecule has 1 aliphatic heterocycles. The van der Waals surface area contributed by atoms with Gasteiger partial charge in [-0.05, 0) is 43.2 Å². The van der Waals surface area contributed by atoms with Crippen LogP contribution in [0.25, 0.3) is 11.0 Å². The minimum absolute atomic E-state index is 0.0555. The Morgan fingerprint density at radius 3 is 2.76 bits per heavy atom. The number of fused-ring (bicyclic) bond motifs is 1. The fourth-order valence-electron chi connectivity index (χ4n) is 4.18. The van der Waals surface area contributed by atoms with Crippen molar-refractivity contribution in [2.45, 2.75) is 25.4 Å². The van der Waals surface area contributed by atoms with Crippen molar-refractivity contribution in [2.24, 2.45) is 0 Å². The van der Waals surface area contributed by atoms with Crippen LogP contribution in [0, 0.1) is 0 Å². The molecule has 0 spiro atoms. The van der Waals surface area contributed by atoms with Crippen molar-refractivity contribution < 1.29 is 9.53 Å². The van der Waals surface area contributed by atoms with Crippen molar-refractivity contribution >= 4 is 40.1 Å². The number of carbonyl (C=O) groups is 1. The maximum atomic E-state index is 12.6. The Kier molecular flexibility index (Phi) is 6.20. The molecule has 5 rings (SSSR count). The lowest BCUT2D eigenvalue weighted by atomic mass is 9.96. The summed E-state index contributed by atoms with van der Waals surface area (Å²) >= 11 is 12.0. The number of hydrogen-bond acceptors (Lipinski definition) is 5. The van der Waals surface area contributed by atoms with Crippen LogP contribution in [0.1, 0.15) is 24.6 Å². The fraction of sp³-hybridized carbons (Fsp3) is 0.304. The van der Waals surface area contributed by atoms with Gasteiger partial charge in [0.15, 0.2) is 6.61 Å². The molecule has 0 atom stereocenters. The van der Waals surface area contributed by atoms with Gasteiger partial charge in [-0.1, -0.05) is 40.5 Å². The van der Waals surface area contributed by atoms with E-state index in [9.17, 15) is 4.79 Å². The molecule has 0 saturated carbocycles. The van der Waals surface area contributed by atoms with Crippen molar-refractivity contribution in [3.63, 3.8) is 0 Å². The van der Waals surface area contributed by atoms with E-state index < -0.39 is 0 Å². The first-order chi connectivity index (χ1) is 16.1. The third kappa shape index (κ3) is 4.67. The average Bonchev–Trinajstić information content (AvgIpc) is 3.46. The molecule has 33 heavy (non-hydrogen) atoms. The second-order valence-corrected chi connectivity index (χ2v) is 8.84. The predicted molar refractivity (Wildman–Crippen MR) is 126 cm³/mol. The zero-order valence-electron chi connectivity index (χ0n) is 17.8. The van der Waals surface area contributed by atoms with E-state index in [-0.39, 0.29) is 18.4 Å². The van der Waals surface area contributed by atoms with Crippen molar-refractivity contribution in [1.82, 2.24) is 29.4 Å². The first kappa shape index (κ1) is 21.7. The van der Waals surface area contributed by atoms with E-state index >= 15 is 0 Å². The lowest BCUT2D eigenvalue weighted by Gasteiger charge is -2.32. The number of nitrogens with zero attached hydrogens (tertiary/aromatic N) is 6. The Morgan fingerprint density at radius 1 is 1.12 bits per heavy atom. The number of halogens is 2. The van der Waals surface area contributed by atoms with Gasteiger partial charge >= 0.3 is 0 Å². The lowest BCUT2D eigenvalue weighted by Crippen LogP contribution is -2.41. The zero-order chi connectivity index (χ0) is 22.8. The van der Waals surface area contributed by atoms with Gasteiger partial charge in [-0.2, -0.15) is 0 Å². The second-order valence-electron chi connectivity index (χ2n) is 7.99. The molecule has 8 nitrogen and oxygen atoms in total. The first-order valence-electron chi connectivity index (χ1n) is 10.7. The highest BCUT2D eigenvalue weighted by Gasteiger charge is 2.27. The molecule has 1 fully saturated rings. The van der Waals surface area contributed by atoms with Crippen LogP contribution in [0.3, 0.4) is 0 Å². The van der Waals surface area contributed by atoms with Gasteiger partial charge < -0.3 is 14.2 Å². The number of para-hydroxylation sites is 1. The summed E-state index contributed by atoms with van der Waals surface area (Å²) in [5.41, 5.74) is 1.85. The predicted octanol–water partition coefficient (Wildman–Crippen LogP) is 4.23. The van der Waals surface area contributed by atoms with E-state index in [0.29, 0.717) is 35.6 Å². The molecule has 2 aromatic heterocycles. The Bertz CT molecular complexity index is 1280. The third-order valence-electron chi connectivity index (χ3n) is 5.91. The molecule has 4 aromatic rings. The molecule has 1 amide bonds. The average molecular weight is 485 g/mol. The molecule has 0 radical (unpaired) electrons. The number of amides is 1. The van der Waals surface area contributed by atoms with Crippen molar-refractivity contribution in [3.8, 4) is 5.75 Å². The van der Waals surface area contributed by atoms with Crippen LogP contribution < -0.4 is 4.74 Å². The van der Waals surface area contributed by atoms with Crippen LogP contribution in [0.2, 0.25) is 10.0 Å². The molecule has 3 heterocycles. The summed E-state index contributed by atoms with van der Waals surface area (Å²) in [5.74, 6) is 1.67. The van der Waals surface area contributed by atoms with E-state index in [0.717, 1.165) is 29.7 Å². The summed E-state index contributed by atoms with van der Waals surface area (Å²) in [6.07, 6.45) is 5.45. The molecule has 1 aliphatic rings. The molecule has 0 aliphatic carbocycles. The largest absolute Gasteiger partial charge is 0.482 e. The maximum Gasteiger partial charge on any atom is 0.260 e. The minimum atomic E-state index is -0.0584. The van der Waals surface area contributed by atoms with Gasteiger partial charge in [0, 0.05) is 36.4 Å². The zero-order valence-corrected chi connectivity index (χ0v) is 19.3. The van der Waals surface area contributed by atoms with Crippen LogP contribution >= 0.6 is 23.2 Å². The van der Waals surface area contributed by atoms with Crippen LogP contribution in [-0.4, -0.2) is 55.0 Å². The van der Waals surface area contributed by atoms with Crippen LogP contribution in [0.4, 0.5) is 0 Å². The molecule has 0 N–H and O–H groups in total. The molecule has 0 bridgehead atoms. The van der Waals surface area contributed by atoms with E-state index in [4.69, 9.17) is 27.9 Å². The number of piperidine rings is 1. The Balaban J connectivity index is 1.19. The maximum absolute atomic E-state index is 12.6. The number of hydrogen-bond donors (Lipinski definition) is 0. The number of imidazole rings is 1. The number of rotatable bonds is 6. The highest BCUT2D eigenvalue weighted by Crippen LogP contribution is 2.29. The summed E-state index contributed by atoms with van der Waals surface area (Å²) in [6, 6.07) is 12.8. The van der Waals surface area contributed by atoms with Crippen molar-refractivity contribution in [2.75, 3.05) is 19.7 Å². The summed E-state index contributed by atoms with van der Waals surface area (Å²) < 4.78 is 9.58. The summed E-state index contributed by atoms with van der Waals surface area (Å²) in [4.78, 5) is 19.1. The first-order valence-corrected chi connectivity index (χ1v) is 11.5. The third-order valence-corrected chi connectivity index (χ3v) is 6.44. The van der Waals surface area contributed by atoms with Crippen LogP contribution in [0.5, 0.6) is 5.75 Å². The van der Waals surface area contributed by atoms with Gasteiger partial charge in [0.1, 0.15) is 23.8 Å². The van der Waals surface area contributed by atoms with Crippen LogP contribution in [0.15, 0.2) is 54.9 Å². The van der Waals surface area contributed by atoms with Crippen LogP contribution in [-0.2, 0) is 11.5 Å². The number of carbonyl (C=O) groups excluding carboxylic acids is 1. The Hall–Kier alpha value is -3.10. The number of aromatic nitrogens is 5. The number of ether oxygens (including phenoxy) is 1. The van der Waals surface area contributed by atoms with E-state index in [1.807, 2.05) is 46.2 Å². The second kappa shape index (κ2) is 9.41. The van der Waals surface area contributed by atoms with Gasteiger partial charge in [-0.25, -0.2) is 9.67 Å². The van der Waals surface area contributed by atoms with Crippen molar-refractivity contribution in [1.29, 1.82) is 0 Å². The SMILES string of the molecule is O=C(COc1ccc(Cl)cc1Cl)N1CCC(c2nccn2Cn2nnc3ccccc32)CC1. The van der Waals surface area contributed by atoms with Gasteiger partial charge in [-0.3, -0.25) is 4.79 Å². The van der Waals surface area contributed by atoms with Crippen molar-refractivity contribution in [3.05, 3.63) is 70.7 Å². The van der Waals surface area contributed by atoms with Gasteiger partial charge in [-0.15, -0.1) is 5.10 Å².